The molecule has 0 saturated carbocycles. The third-order valence-electron chi connectivity index (χ3n) is 4.18. The summed E-state index contributed by atoms with van der Waals surface area (Å²) < 4.78 is 10.4. The van der Waals surface area contributed by atoms with E-state index in [1.165, 1.54) is 11.1 Å². The fourth-order valence-corrected chi connectivity index (χ4v) is 2.71. The number of hydrogen-bond acceptors (Lipinski definition) is 4. The smallest absolute Gasteiger partial charge is 0.306 e. The van der Waals surface area contributed by atoms with E-state index in [9.17, 15) is 4.79 Å². The molecule has 5 heteroatoms. The van der Waals surface area contributed by atoms with Gasteiger partial charge in [-0.05, 0) is 70.3 Å². The average Bonchev–Trinajstić information content (AvgIpc) is 2.50. The number of ether oxygens (including phenoxy) is 2. The number of carbonyl (C=O) groups is 1. The Labute approximate surface area is 152 Å². The molecule has 0 fully saturated rings. The highest BCUT2D eigenvalue weighted by atomic mass is 35.5. The van der Waals surface area contributed by atoms with E-state index in [0.29, 0.717) is 6.42 Å². The van der Waals surface area contributed by atoms with Crippen molar-refractivity contribution in [1.29, 1.82) is 0 Å². The van der Waals surface area contributed by atoms with Gasteiger partial charge in [-0.15, -0.1) is 12.4 Å². The number of halogens is 1. The molecule has 0 aliphatic heterocycles. The summed E-state index contributed by atoms with van der Waals surface area (Å²) in [5.41, 5.74) is 2.36. The molecule has 1 aromatic rings. The third kappa shape index (κ3) is 6.70. The summed E-state index contributed by atoms with van der Waals surface area (Å²) in [6.07, 6.45) is 2.15. The number of nitrogens with one attached hydrogen (secondary N) is 1. The van der Waals surface area contributed by atoms with Gasteiger partial charge in [0.15, 0.2) is 0 Å². The molecule has 1 rings (SSSR count). The first-order valence-corrected chi connectivity index (χ1v) is 8.42. The van der Waals surface area contributed by atoms with Crippen LogP contribution in [0.2, 0.25) is 0 Å². The second-order valence-electron chi connectivity index (χ2n) is 6.44. The Morgan fingerprint density at radius 3 is 2.50 bits per heavy atom. The minimum absolute atomic E-state index is 0. The number of esters is 1. The van der Waals surface area contributed by atoms with Gasteiger partial charge >= 0.3 is 5.97 Å². The van der Waals surface area contributed by atoms with E-state index in [1.807, 2.05) is 19.9 Å². The molecular formula is C19H32ClNO3. The average molecular weight is 358 g/mol. The van der Waals surface area contributed by atoms with Gasteiger partial charge in [-0.3, -0.25) is 4.79 Å². The standard InChI is InChI=1S/C19H31NO3.ClH/c1-7-19(5,17-11-10-16(22-6)13-15(17)4)20-12-8-9-18(21)23-14(2)3;/h10-11,13-14,20H,7-9,12H2,1-6H3;1H. The van der Waals surface area contributed by atoms with Crippen LogP contribution in [0, 0.1) is 6.92 Å². The maximum Gasteiger partial charge on any atom is 0.306 e. The van der Waals surface area contributed by atoms with Crippen LogP contribution >= 0.6 is 12.4 Å². The fourth-order valence-electron chi connectivity index (χ4n) is 2.71. The summed E-state index contributed by atoms with van der Waals surface area (Å²) in [7, 11) is 1.68. The van der Waals surface area contributed by atoms with Crippen LogP contribution in [0.3, 0.4) is 0 Å². The van der Waals surface area contributed by atoms with Gasteiger partial charge in [0.2, 0.25) is 0 Å². The Morgan fingerprint density at radius 2 is 2.00 bits per heavy atom. The highest BCUT2D eigenvalue weighted by Gasteiger charge is 2.25. The molecule has 1 unspecified atom stereocenters. The molecular weight excluding hydrogens is 326 g/mol. The molecule has 0 aromatic heterocycles. The zero-order valence-corrected chi connectivity index (χ0v) is 16.6. The molecule has 0 heterocycles. The Balaban J connectivity index is 0.00000529. The molecule has 0 bridgehead atoms. The Bertz CT molecular complexity index is 519. The molecule has 1 aromatic carbocycles. The van der Waals surface area contributed by atoms with Gasteiger partial charge in [-0.2, -0.15) is 0 Å². The molecule has 4 nitrogen and oxygen atoms in total. The molecule has 0 spiro atoms. The lowest BCUT2D eigenvalue weighted by atomic mass is 9.86. The molecule has 0 aliphatic rings. The predicted molar refractivity (Wildman–Crippen MR) is 101 cm³/mol. The molecule has 0 aliphatic carbocycles. The summed E-state index contributed by atoms with van der Waals surface area (Å²) in [6, 6.07) is 6.18. The minimum atomic E-state index is -0.124. The lowest BCUT2D eigenvalue weighted by Crippen LogP contribution is -2.40. The highest BCUT2D eigenvalue weighted by Crippen LogP contribution is 2.29. The van der Waals surface area contributed by atoms with Crippen molar-refractivity contribution in [3.63, 3.8) is 0 Å². The van der Waals surface area contributed by atoms with Crippen LogP contribution < -0.4 is 10.1 Å². The monoisotopic (exact) mass is 357 g/mol. The molecule has 0 saturated heterocycles. The van der Waals surface area contributed by atoms with Gasteiger partial charge in [0.1, 0.15) is 5.75 Å². The topological polar surface area (TPSA) is 47.6 Å². The van der Waals surface area contributed by atoms with Crippen molar-refractivity contribution < 1.29 is 14.3 Å². The van der Waals surface area contributed by atoms with Gasteiger partial charge in [-0.1, -0.05) is 13.0 Å². The molecule has 138 valence electrons. The van der Waals surface area contributed by atoms with Crippen LogP contribution in [-0.4, -0.2) is 25.7 Å². The van der Waals surface area contributed by atoms with E-state index in [2.05, 4.69) is 38.2 Å². The summed E-state index contributed by atoms with van der Waals surface area (Å²) in [4.78, 5) is 11.6. The number of hydrogen-bond donors (Lipinski definition) is 1. The SMILES string of the molecule is CCC(C)(NCCCC(=O)OC(C)C)c1ccc(OC)cc1C.Cl. The van der Waals surface area contributed by atoms with Gasteiger partial charge in [-0.25, -0.2) is 0 Å². The molecule has 24 heavy (non-hydrogen) atoms. The zero-order chi connectivity index (χ0) is 17.5. The number of carbonyl (C=O) groups excluding carboxylic acids is 1. The number of benzene rings is 1. The highest BCUT2D eigenvalue weighted by molar-refractivity contribution is 5.85. The second kappa shape index (κ2) is 10.6. The van der Waals surface area contributed by atoms with Crippen molar-refractivity contribution in [3.05, 3.63) is 29.3 Å². The first kappa shape index (κ1) is 22.7. The van der Waals surface area contributed by atoms with Crippen LogP contribution in [0.25, 0.3) is 0 Å². The zero-order valence-electron chi connectivity index (χ0n) is 15.8. The van der Waals surface area contributed by atoms with E-state index in [0.717, 1.165) is 25.1 Å². The Hall–Kier alpha value is -1.26. The quantitative estimate of drug-likeness (QED) is 0.526. The Morgan fingerprint density at radius 1 is 1.33 bits per heavy atom. The summed E-state index contributed by atoms with van der Waals surface area (Å²) >= 11 is 0. The largest absolute Gasteiger partial charge is 0.497 e. The van der Waals surface area contributed by atoms with Crippen molar-refractivity contribution in [2.45, 2.75) is 65.5 Å². The van der Waals surface area contributed by atoms with Crippen molar-refractivity contribution >= 4 is 18.4 Å². The second-order valence-corrected chi connectivity index (χ2v) is 6.44. The van der Waals surface area contributed by atoms with E-state index in [-0.39, 0.29) is 30.0 Å². The number of methoxy groups -OCH3 is 1. The van der Waals surface area contributed by atoms with Crippen LogP contribution in [0.1, 0.15) is 58.1 Å². The van der Waals surface area contributed by atoms with Crippen LogP contribution in [0.5, 0.6) is 5.75 Å². The van der Waals surface area contributed by atoms with Gasteiger partial charge in [0.05, 0.1) is 13.2 Å². The maximum atomic E-state index is 11.6. The van der Waals surface area contributed by atoms with Crippen molar-refractivity contribution in [2.24, 2.45) is 0 Å². The molecule has 1 atom stereocenters. The van der Waals surface area contributed by atoms with E-state index >= 15 is 0 Å². The summed E-state index contributed by atoms with van der Waals surface area (Å²) in [5, 5.41) is 3.60. The lowest BCUT2D eigenvalue weighted by Gasteiger charge is -2.32. The van der Waals surface area contributed by atoms with Crippen LogP contribution in [0.4, 0.5) is 0 Å². The van der Waals surface area contributed by atoms with Crippen LogP contribution in [-0.2, 0) is 15.1 Å². The van der Waals surface area contributed by atoms with E-state index in [1.54, 1.807) is 7.11 Å². The van der Waals surface area contributed by atoms with Crippen LogP contribution in [0.15, 0.2) is 18.2 Å². The van der Waals surface area contributed by atoms with Crippen molar-refractivity contribution in [2.75, 3.05) is 13.7 Å². The van der Waals surface area contributed by atoms with Gasteiger partial charge < -0.3 is 14.8 Å². The Kier molecular flexibility index (Phi) is 10.0. The van der Waals surface area contributed by atoms with Crippen molar-refractivity contribution in [1.82, 2.24) is 5.32 Å². The summed E-state index contributed by atoms with van der Waals surface area (Å²) in [5.74, 6) is 0.752. The number of rotatable bonds is 9. The normalized spacial score (nSPS) is 13.1. The van der Waals surface area contributed by atoms with E-state index < -0.39 is 0 Å². The van der Waals surface area contributed by atoms with Crippen molar-refractivity contribution in [3.8, 4) is 5.75 Å². The molecule has 0 amide bonds. The molecule has 1 N–H and O–H groups in total. The third-order valence-corrected chi connectivity index (χ3v) is 4.18. The predicted octanol–water partition coefficient (Wildman–Crippen LogP) is 4.37. The first-order valence-electron chi connectivity index (χ1n) is 8.42. The molecule has 0 radical (unpaired) electrons. The van der Waals surface area contributed by atoms with E-state index in [4.69, 9.17) is 9.47 Å². The minimum Gasteiger partial charge on any atom is -0.497 e. The van der Waals surface area contributed by atoms with Gasteiger partial charge in [0.25, 0.3) is 0 Å². The number of aryl methyl sites for hydroxylation is 1. The fraction of sp³-hybridized carbons (Fsp3) is 0.632. The first-order chi connectivity index (χ1) is 10.8. The summed E-state index contributed by atoms with van der Waals surface area (Å²) in [6.45, 7) is 11.0. The van der Waals surface area contributed by atoms with Gasteiger partial charge in [0, 0.05) is 12.0 Å². The maximum absolute atomic E-state index is 11.6. The lowest BCUT2D eigenvalue weighted by molar-refractivity contribution is -0.147.